The zero-order valence-electron chi connectivity index (χ0n) is 19.4. The van der Waals surface area contributed by atoms with Gasteiger partial charge in [0.25, 0.3) is 0 Å². The van der Waals surface area contributed by atoms with E-state index in [2.05, 4.69) is 27.2 Å². The van der Waals surface area contributed by atoms with Crippen molar-refractivity contribution in [2.45, 2.75) is 26.8 Å². The van der Waals surface area contributed by atoms with Crippen molar-refractivity contribution in [1.82, 2.24) is 9.80 Å². The lowest BCUT2D eigenvalue weighted by Crippen LogP contribution is -2.40. The Kier molecular flexibility index (Phi) is 9.59. The average Bonchev–Trinajstić information content (AvgIpc) is 2.81. The van der Waals surface area contributed by atoms with Gasteiger partial charge in [0.15, 0.2) is 5.11 Å². The van der Waals surface area contributed by atoms with Gasteiger partial charge in [0.05, 0.1) is 26.9 Å². The molecule has 3 rings (SSSR count). The van der Waals surface area contributed by atoms with Gasteiger partial charge in [0, 0.05) is 44.5 Å². The third-order valence-electron chi connectivity index (χ3n) is 5.56. The first-order chi connectivity index (χ1) is 15.6. The number of aryl methyl sites for hydroxylation is 1. The van der Waals surface area contributed by atoms with Gasteiger partial charge >= 0.3 is 0 Å². The lowest BCUT2D eigenvalue weighted by Gasteiger charge is -2.30. The fraction of sp³-hybridized carbons (Fsp3) is 0.480. The molecule has 0 bridgehead atoms. The van der Waals surface area contributed by atoms with Crippen molar-refractivity contribution < 1.29 is 14.2 Å². The van der Waals surface area contributed by atoms with Gasteiger partial charge in [-0.2, -0.15) is 0 Å². The van der Waals surface area contributed by atoms with Gasteiger partial charge in [-0.25, -0.2) is 0 Å². The lowest BCUT2D eigenvalue weighted by molar-refractivity contribution is 0.0368. The number of hydrogen-bond donors (Lipinski definition) is 1. The molecule has 32 heavy (non-hydrogen) atoms. The van der Waals surface area contributed by atoms with Crippen LogP contribution in [0.4, 0.5) is 5.69 Å². The largest absolute Gasteiger partial charge is 0.496 e. The molecule has 0 saturated carbocycles. The number of nitrogens with zero attached hydrogens (tertiary/aromatic N) is 2. The number of anilines is 1. The van der Waals surface area contributed by atoms with Crippen molar-refractivity contribution in [3.8, 4) is 11.5 Å². The molecule has 0 radical (unpaired) electrons. The Hall–Kier alpha value is -2.35. The molecule has 0 aliphatic carbocycles. The second-order valence-corrected chi connectivity index (χ2v) is 8.31. The smallest absolute Gasteiger partial charge is 0.173 e. The number of thiocarbonyl (C=S) groups is 1. The highest BCUT2D eigenvalue weighted by molar-refractivity contribution is 7.80. The second-order valence-electron chi connectivity index (χ2n) is 7.92. The van der Waals surface area contributed by atoms with Gasteiger partial charge in [0.2, 0.25) is 0 Å². The summed E-state index contributed by atoms with van der Waals surface area (Å²) in [7, 11) is 1.69. The van der Waals surface area contributed by atoms with E-state index in [0.29, 0.717) is 11.7 Å². The van der Waals surface area contributed by atoms with Gasteiger partial charge in [-0.05, 0) is 61.8 Å². The van der Waals surface area contributed by atoms with Crippen molar-refractivity contribution in [2.75, 3.05) is 58.4 Å². The molecule has 1 N–H and O–H groups in total. The van der Waals surface area contributed by atoms with E-state index in [0.717, 1.165) is 75.1 Å². The first kappa shape index (κ1) is 24.3. The molecule has 2 aromatic rings. The van der Waals surface area contributed by atoms with Crippen LogP contribution < -0.4 is 14.8 Å². The van der Waals surface area contributed by atoms with Gasteiger partial charge in [0.1, 0.15) is 11.5 Å². The maximum Gasteiger partial charge on any atom is 0.173 e. The summed E-state index contributed by atoms with van der Waals surface area (Å²) in [5.41, 5.74) is 3.23. The first-order valence-electron chi connectivity index (χ1n) is 11.3. The summed E-state index contributed by atoms with van der Waals surface area (Å²) in [6, 6.07) is 14.3. The molecule has 2 aromatic carbocycles. The molecule has 7 heteroatoms. The van der Waals surface area contributed by atoms with E-state index in [1.165, 1.54) is 5.56 Å². The van der Waals surface area contributed by atoms with Crippen molar-refractivity contribution in [3.63, 3.8) is 0 Å². The third-order valence-corrected chi connectivity index (χ3v) is 5.92. The topological polar surface area (TPSA) is 46.2 Å². The van der Waals surface area contributed by atoms with Crippen LogP contribution in [0, 0.1) is 6.92 Å². The standard InChI is InChI=1S/C25H35N3O3S/c1-4-31-23-10-7-21(8-11-23)19-28(13-5-12-27-14-16-30-17-15-27)25(32)26-22-9-6-20(2)24(18-22)29-3/h6-11,18H,4-5,12-17,19H2,1-3H3,(H,26,32). The lowest BCUT2D eigenvalue weighted by atomic mass is 10.2. The summed E-state index contributed by atoms with van der Waals surface area (Å²) in [4.78, 5) is 4.69. The van der Waals surface area contributed by atoms with Crippen LogP contribution in [0.5, 0.6) is 11.5 Å². The summed E-state index contributed by atoms with van der Waals surface area (Å²) in [5, 5.41) is 4.12. The van der Waals surface area contributed by atoms with Crippen molar-refractivity contribution in [3.05, 3.63) is 53.6 Å². The molecular formula is C25H35N3O3S. The zero-order valence-corrected chi connectivity index (χ0v) is 20.2. The minimum absolute atomic E-state index is 0.668. The zero-order chi connectivity index (χ0) is 22.8. The normalized spacial score (nSPS) is 14.1. The first-order valence-corrected chi connectivity index (χ1v) is 11.7. The summed E-state index contributed by atoms with van der Waals surface area (Å²) in [6.07, 6.45) is 1.04. The number of methoxy groups -OCH3 is 1. The molecule has 1 saturated heterocycles. The van der Waals surface area contributed by atoms with Crippen molar-refractivity contribution in [1.29, 1.82) is 0 Å². The monoisotopic (exact) mass is 457 g/mol. The Morgan fingerprint density at radius 3 is 2.59 bits per heavy atom. The Labute approximate surface area is 197 Å². The minimum atomic E-state index is 0.668. The molecule has 0 aromatic heterocycles. The van der Waals surface area contributed by atoms with Crippen LogP contribution >= 0.6 is 12.2 Å². The SMILES string of the molecule is CCOc1ccc(CN(CCCN2CCOCC2)C(=S)Nc2ccc(C)c(OC)c2)cc1. The van der Waals surface area contributed by atoms with Crippen LogP contribution in [0.2, 0.25) is 0 Å². The molecule has 0 unspecified atom stereocenters. The highest BCUT2D eigenvalue weighted by atomic mass is 32.1. The summed E-state index contributed by atoms with van der Waals surface area (Å²) >= 11 is 5.82. The number of rotatable bonds is 10. The molecule has 1 heterocycles. The van der Waals surface area contributed by atoms with Crippen LogP contribution in [-0.2, 0) is 11.3 Å². The molecule has 0 amide bonds. The molecular weight excluding hydrogens is 422 g/mol. The van der Waals surface area contributed by atoms with Gasteiger partial charge in [-0.1, -0.05) is 18.2 Å². The number of ether oxygens (including phenoxy) is 3. The molecule has 1 aliphatic rings. The Bertz CT molecular complexity index is 854. The van der Waals surface area contributed by atoms with Crippen LogP contribution in [0.15, 0.2) is 42.5 Å². The maximum atomic E-state index is 5.82. The van der Waals surface area contributed by atoms with E-state index < -0.39 is 0 Å². The van der Waals surface area contributed by atoms with Gasteiger partial charge < -0.3 is 24.4 Å². The number of hydrogen-bond acceptors (Lipinski definition) is 5. The Balaban J connectivity index is 1.65. The number of nitrogens with one attached hydrogen (secondary N) is 1. The number of morpholine rings is 1. The van der Waals surface area contributed by atoms with E-state index in [1.807, 2.05) is 44.2 Å². The maximum absolute atomic E-state index is 5.82. The van der Waals surface area contributed by atoms with Crippen molar-refractivity contribution in [2.24, 2.45) is 0 Å². The summed E-state index contributed by atoms with van der Waals surface area (Å²) in [6.45, 7) is 11.0. The fourth-order valence-electron chi connectivity index (χ4n) is 3.74. The summed E-state index contributed by atoms with van der Waals surface area (Å²) < 4.78 is 16.5. The van der Waals surface area contributed by atoms with Gasteiger partial charge in [-0.3, -0.25) is 4.90 Å². The van der Waals surface area contributed by atoms with Crippen LogP contribution in [0.25, 0.3) is 0 Å². The predicted octanol–water partition coefficient (Wildman–Crippen LogP) is 4.32. The molecule has 6 nitrogen and oxygen atoms in total. The molecule has 0 spiro atoms. The quantitative estimate of drug-likeness (QED) is 0.533. The highest BCUT2D eigenvalue weighted by Crippen LogP contribution is 2.23. The van der Waals surface area contributed by atoms with Gasteiger partial charge in [-0.15, -0.1) is 0 Å². The minimum Gasteiger partial charge on any atom is -0.496 e. The van der Waals surface area contributed by atoms with Crippen molar-refractivity contribution >= 4 is 23.0 Å². The van der Waals surface area contributed by atoms with E-state index in [-0.39, 0.29) is 0 Å². The van der Waals surface area contributed by atoms with E-state index in [1.54, 1.807) is 7.11 Å². The fourth-order valence-corrected chi connectivity index (χ4v) is 4.01. The molecule has 1 fully saturated rings. The summed E-state index contributed by atoms with van der Waals surface area (Å²) in [5.74, 6) is 1.74. The third kappa shape index (κ3) is 7.36. The van der Waals surface area contributed by atoms with Crippen LogP contribution in [-0.4, -0.2) is 68.0 Å². The molecule has 0 atom stereocenters. The second kappa shape index (κ2) is 12.6. The molecule has 1 aliphatic heterocycles. The van der Waals surface area contributed by atoms with Crippen LogP contribution in [0.3, 0.4) is 0 Å². The predicted molar refractivity (Wildman–Crippen MR) is 134 cm³/mol. The Morgan fingerprint density at radius 2 is 1.91 bits per heavy atom. The Morgan fingerprint density at radius 1 is 1.16 bits per heavy atom. The van der Waals surface area contributed by atoms with E-state index in [9.17, 15) is 0 Å². The number of benzene rings is 2. The molecule has 174 valence electrons. The highest BCUT2D eigenvalue weighted by Gasteiger charge is 2.14. The van der Waals surface area contributed by atoms with Crippen LogP contribution in [0.1, 0.15) is 24.5 Å². The van der Waals surface area contributed by atoms with E-state index in [4.69, 9.17) is 26.4 Å². The average molecular weight is 458 g/mol. The van der Waals surface area contributed by atoms with E-state index >= 15 is 0 Å².